The molecule has 0 saturated carbocycles. The standard InChI is InChI=1S/C17H16FN3/c18-13-3-1-2-12(10-13)6-9-21-17-5-4-16(19)14-7-8-20-11-15(14)17/h1-5,7-8,10-11,21H,6,9,19H2. The summed E-state index contributed by atoms with van der Waals surface area (Å²) in [6.45, 7) is 0.720. The zero-order valence-corrected chi connectivity index (χ0v) is 11.5. The number of halogens is 1. The molecule has 1 aromatic heterocycles. The van der Waals surface area contributed by atoms with Crippen LogP contribution in [0.25, 0.3) is 10.8 Å². The second-order valence-corrected chi connectivity index (χ2v) is 4.93. The number of fused-ring (bicyclic) bond motifs is 1. The van der Waals surface area contributed by atoms with Crippen LogP contribution in [0.2, 0.25) is 0 Å². The SMILES string of the molecule is Nc1ccc(NCCc2cccc(F)c2)c2cnccc12. The highest BCUT2D eigenvalue weighted by atomic mass is 19.1. The Bertz CT molecular complexity index is 771. The molecule has 4 heteroatoms. The van der Waals surface area contributed by atoms with Gasteiger partial charge in [0, 0.05) is 41.1 Å². The molecule has 3 N–H and O–H groups in total. The summed E-state index contributed by atoms with van der Waals surface area (Å²) in [6.07, 6.45) is 4.29. The quantitative estimate of drug-likeness (QED) is 0.718. The summed E-state index contributed by atoms with van der Waals surface area (Å²) in [5.41, 5.74) is 8.67. The van der Waals surface area contributed by atoms with Gasteiger partial charge in [0.25, 0.3) is 0 Å². The molecule has 3 nitrogen and oxygen atoms in total. The van der Waals surface area contributed by atoms with Crippen LogP contribution in [0, 0.1) is 5.82 Å². The maximum absolute atomic E-state index is 13.1. The molecule has 3 aromatic rings. The smallest absolute Gasteiger partial charge is 0.123 e. The summed E-state index contributed by atoms with van der Waals surface area (Å²) in [6, 6.07) is 12.4. The molecule has 0 atom stereocenters. The highest BCUT2D eigenvalue weighted by Crippen LogP contribution is 2.27. The molecule has 0 bridgehead atoms. The lowest BCUT2D eigenvalue weighted by Crippen LogP contribution is -2.06. The van der Waals surface area contributed by atoms with E-state index >= 15 is 0 Å². The summed E-state index contributed by atoms with van der Waals surface area (Å²) < 4.78 is 13.1. The van der Waals surface area contributed by atoms with Gasteiger partial charge in [0.1, 0.15) is 5.82 Å². The van der Waals surface area contributed by atoms with Crippen LogP contribution >= 0.6 is 0 Å². The van der Waals surface area contributed by atoms with Crippen LogP contribution in [0.15, 0.2) is 54.9 Å². The molecule has 0 saturated heterocycles. The van der Waals surface area contributed by atoms with Crippen molar-refractivity contribution in [3.8, 4) is 0 Å². The second kappa shape index (κ2) is 5.79. The van der Waals surface area contributed by atoms with Crippen molar-refractivity contribution < 1.29 is 4.39 Å². The highest BCUT2D eigenvalue weighted by Gasteiger charge is 2.04. The first-order valence-electron chi connectivity index (χ1n) is 6.84. The van der Waals surface area contributed by atoms with Gasteiger partial charge in [0.15, 0.2) is 0 Å². The van der Waals surface area contributed by atoms with E-state index < -0.39 is 0 Å². The van der Waals surface area contributed by atoms with Crippen LogP contribution in [-0.2, 0) is 6.42 Å². The van der Waals surface area contributed by atoms with E-state index in [4.69, 9.17) is 5.73 Å². The first-order valence-corrected chi connectivity index (χ1v) is 6.84. The van der Waals surface area contributed by atoms with Crippen LogP contribution in [0.5, 0.6) is 0 Å². The van der Waals surface area contributed by atoms with Gasteiger partial charge >= 0.3 is 0 Å². The lowest BCUT2D eigenvalue weighted by Gasteiger charge is -2.11. The molecule has 0 aliphatic heterocycles. The first kappa shape index (κ1) is 13.4. The number of nitrogen functional groups attached to an aromatic ring is 1. The summed E-state index contributed by atoms with van der Waals surface area (Å²) in [5, 5.41) is 5.35. The van der Waals surface area contributed by atoms with Crippen molar-refractivity contribution >= 4 is 22.1 Å². The molecule has 0 spiro atoms. The number of hydrogen-bond donors (Lipinski definition) is 2. The van der Waals surface area contributed by atoms with E-state index in [0.717, 1.165) is 40.7 Å². The van der Waals surface area contributed by atoms with Gasteiger partial charge in [-0.15, -0.1) is 0 Å². The number of hydrogen-bond acceptors (Lipinski definition) is 3. The molecule has 3 rings (SSSR count). The third-order valence-corrected chi connectivity index (χ3v) is 3.47. The average molecular weight is 281 g/mol. The Morgan fingerprint density at radius 3 is 2.86 bits per heavy atom. The number of pyridine rings is 1. The zero-order valence-electron chi connectivity index (χ0n) is 11.5. The van der Waals surface area contributed by atoms with Crippen LogP contribution in [0.4, 0.5) is 15.8 Å². The lowest BCUT2D eigenvalue weighted by atomic mass is 10.1. The molecule has 0 amide bonds. The van der Waals surface area contributed by atoms with Crippen LogP contribution in [0.1, 0.15) is 5.56 Å². The Balaban J connectivity index is 1.75. The van der Waals surface area contributed by atoms with E-state index in [1.807, 2.05) is 24.3 Å². The van der Waals surface area contributed by atoms with Gasteiger partial charge in [0.05, 0.1) is 0 Å². The Hall–Kier alpha value is -2.62. The minimum Gasteiger partial charge on any atom is -0.398 e. The Labute approximate surface area is 122 Å². The van der Waals surface area contributed by atoms with E-state index in [2.05, 4.69) is 10.3 Å². The molecule has 0 aliphatic carbocycles. The summed E-state index contributed by atoms with van der Waals surface area (Å²) in [4.78, 5) is 4.15. The lowest BCUT2D eigenvalue weighted by molar-refractivity contribution is 0.625. The highest BCUT2D eigenvalue weighted by molar-refractivity contribution is 6.00. The molecule has 0 unspecified atom stereocenters. The number of benzene rings is 2. The van der Waals surface area contributed by atoms with Gasteiger partial charge in [-0.1, -0.05) is 12.1 Å². The molecular formula is C17H16FN3. The van der Waals surface area contributed by atoms with Gasteiger partial charge in [-0.05, 0) is 42.3 Å². The van der Waals surface area contributed by atoms with Crippen LogP contribution in [0.3, 0.4) is 0 Å². The fourth-order valence-electron chi connectivity index (χ4n) is 2.40. The van der Waals surface area contributed by atoms with Crippen LogP contribution in [-0.4, -0.2) is 11.5 Å². The number of aromatic nitrogens is 1. The average Bonchev–Trinajstić information content (AvgIpc) is 2.50. The van der Waals surface area contributed by atoms with Gasteiger partial charge in [0.2, 0.25) is 0 Å². The number of anilines is 2. The predicted molar refractivity (Wildman–Crippen MR) is 84.7 cm³/mol. The van der Waals surface area contributed by atoms with E-state index in [-0.39, 0.29) is 5.82 Å². The van der Waals surface area contributed by atoms with Crippen molar-refractivity contribution in [2.75, 3.05) is 17.6 Å². The van der Waals surface area contributed by atoms with Crippen LogP contribution < -0.4 is 11.1 Å². The molecule has 106 valence electrons. The molecule has 0 aliphatic rings. The molecule has 0 fully saturated rings. The number of nitrogens with two attached hydrogens (primary N) is 1. The molecule has 0 radical (unpaired) electrons. The summed E-state index contributed by atoms with van der Waals surface area (Å²) >= 11 is 0. The van der Waals surface area contributed by atoms with Crippen molar-refractivity contribution in [1.29, 1.82) is 0 Å². The van der Waals surface area contributed by atoms with E-state index in [1.165, 1.54) is 6.07 Å². The molecule has 21 heavy (non-hydrogen) atoms. The van der Waals surface area contributed by atoms with Crippen molar-refractivity contribution in [2.45, 2.75) is 6.42 Å². The fraction of sp³-hybridized carbons (Fsp3) is 0.118. The maximum atomic E-state index is 13.1. The number of nitrogens with one attached hydrogen (secondary N) is 1. The minimum atomic E-state index is -0.199. The summed E-state index contributed by atoms with van der Waals surface area (Å²) in [5.74, 6) is -0.199. The Kier molecular flexibility index (Phi) is 3.69. The Morgan fingerprint density at radius 1 is 1.10 bits per heavy atom. The van der Waals surface area contributed by atoms with Crippen molar-refractivity contribution in [2.24, 2.45) is 0 Å². The maximum Gasteiger partial charge on any atom is 0.123 e. The van der Waals surface area contributed by atoms with Crippen molar-refractivity contribution in [3.05, 3.63) is 66.2 Å². The van der Waals surface area contributed by atoms with E-state index in [9.17, 15) is 4.39 Å². The van der Waals surface area contributed by atoms with Gasteiger partial charge in [-0.2, -0.15) is 0 Å². The number of nitrogens with zero attached hydrogens (tertiary/aromatic N) is 1. The minimum absolute atomic E-state index is 0.199. The normalized spacial score (nSPS) is 10.7. The van der Waals surface area contributed by atoms with Crippen molar-refractivity contribution in [1.82, 2.24) is 4.98 Å². The Morgan fingerprint density at radius 2 is 2.00 bits per heavy atom. The second-order valence-electron chi connectivity index (χ2n) is 4.93. The van der Waals surface area contributed by atoms with Crippen molar-refractivity contribution in [3.63, 3.8) is 0 Å². The zero-order chi connectivity index (χ0) is 14.7. The monoisotopic (exact) mass is 281 g/mol. The third-order valence-electron chi connectivity index (χ3n) is 3.47. The van der Waals surface area contributed by atoms with E-state index in [0.29, 0.717) is 0 Å². The fourth-order valence-corrected chi connectivity index (χ4v) is 2.40. The largest absolute Gasteiger partial charge is 0.398 e. The summed E-state index contributed by atoms with van der Waals surface area (Å²) in [7, 11) is 0. The predicted octanol–water partition coefficient (Wildman–Crippen LogP) is 3.61. The van der Waals surface area contributed by atoms with Gasteiger partial charge in [-0.25, -0.2) is 4.39 Å². The molecule has 2 aromatic carbocycles. The van der Waals surface area contributed by atoms with Gasteiger partial charge < -0.3 is 11.1 Å². The van der Waals surface area contributed by atoms with E-state index in [1.54, 1.807) is 24.5 Å². The molecular weight excluding hydrogens is 265 g/mol. The topological polar surface area (TPSA) is 50.9 Å². The third kappa shape index (κ3) is 2.94. The number of rotatable bonds is 4. The molecule has 1 heterocycles. The first-order chi connectivity index (χ1) is 10.2. The van der Waals surface area contributed by atoms with Gasteiger partial charge in [-0.3, -0.25) is 4.98 Å².